The van der Waals surface area contributed by atoms with E-state index in [0.29, 0.717) is 11.3 Å². The molecule has 1 N–H and O–H groups in total. The number of hydrogen-bond acceptors (Lipinski definition) is 7. The summed E-state index contributed by atoms with van der Waals surface area (Å²) in [7, 11) is -3.84. The van der Waals surface area contributed by atoms with Crippen LogP contribution in [0.5, 0.6) is 0 Å². The second kappa shape index (κ2) is 7.71. The standard InChI is InChI=1S/C17H16N4O5S/c18-12-13-2-1-3-14(10-13)19-16-5-4-15(11-17(16)21(22)23)27(24,25)20-6-8-26-9-7-20/h1-5,10-11,19H,6-9H2. The fraction of sp³-hybridized carbons (Fsp3) is 0.235. The molecular weight excluding hydrogens is 372 g/mol. The van der Waals surface area contributed by atoms with Crippen molar-refractivity contribution in [1.29, 1.82) is 5.26 Å². The van der Waals surface area contributed by atoms with Crippen LogP contribution in [-0.4, -0.2) is 43.9 Å². The molecule has 0 aliphatic carbocycles. The van der Waals surface area contributed by atoms with Gasteiger partial charge < -0.3 is 10.1 Å². The summed E-state index contributed by atoms with van der Waals surface area (Å²) in [5.74, 6) is 0. The van der Waals surface area contributed by atoms with Crippen molar-refractivity contribution in [3.05, 3.63) is 58.1 Å². The molecule has 1 saturated heterocycles. The number of nitrogens with zero attached hydrogens (tertiary/aromatic N) is 3. The van der Waals surface area contributed by atoms with Gasteiger partial charge in [-0.2, -0.15) is 9.57 Å². The van der Waals surface area contributed by atoms with Gasteiger partial charge in [0, 0.05) is 24.8 Å². The highest BCUT2D eigenvalue weighted by Crippen LogP contribution is 2.31. The molecule has 10 heteroatoms. The number of morpholine rings is 1. The summed E-state index contributed by atoms with van der Waals surface area (Å²) in [5, 5.41) is 23.3. The van der Waals surface area contributed by atoms with Crippen LogP contribution in [0.25, 0.3) is 0 Å². The summed E-state index contributed by atoms with van der Waals surface area (Å²) in [5.41, 5.74) is 0.651. The van der Waals surface area contributed by atoms with Crippen LogP contribution >= 0.6 is 0 Å². The Hall–Kier alpha value is -3.00. The second-order valence-corrected chi connectivity index (χ2v) is 7.71. The molecule has 0 spiro atoms. The number of rotatable bonds is 5. The first kappa shape index (κ1) is 18.8. The zero-order chi connectivity index (χ0) is 19.4. The maximum Gasteiger partial charge on any atom is 0.294 e. The Labute approximate surface area is 156 Å². The van der Waals surface area contributed by atoms with Crippen LogP contribution < -0.4 is 5.32 Å². The van der Waals surface area contributed by atoms with Gasteiger partial charge in [0.05, 0.1) is 34.7 Å². The van der Waals surface area contributed by atoms with Crippen molar-refractivity contribution < 1.29 is 18.1 Å². The average molecular weight is 388 g/mol. The molecule has 1 aliphatic rings. The lowest BCUT2D eigenvalue weighted by atomic mass is 10.2. The third-order valence-electron chi connectivity index (χ3n) is 4.04. The third-order valence-corrected chi connectivity index (χ3v) is 5.94. The molecule has 0 amide bonds. The van der Waals surface area contributed by atoms with Crippen LogP contribution in [-0.2, 0) is 14.8 Å². The first-order chi connectivity index (χ1) is 12.9. The topological polar surface area (TPSA) is 126 Å². The molecule has 3 rings (SSSR count). The van der Waals surface area contributed by atoms with Gasteiger partial charge in [-0.1, -0.05) is 6.07 Å². The molecule has 1 fully saturated rings. The van der Waals surface area contributed by atoms with Gasteiger partial charge in [0.1, 0.15) is 5.69 Å². The Balaban J connectivity index is 1.95. The van der Waals surface area contributed by atoms with E-state index in [2.05, 4.69) is 5.32 Å². The number of hydrogen-bond donors (Lipinski definition) is 1. The predicted octanol–water partition coefficient (Wildman–Crippen LogP) is 2.23. The fourth-order valence-electron chi connectivity index (χ4n) is 2.69. The van der Waals surface area contributed by atoms with E-state index in [0.717, 1.165) is 6.07 Å². The summed E-state index contributed by atoms with van der Waals surface area (Å²) in [4.78, 5) is 10.7. The predicted molar refractivity (Wildman–Crippen MR) is 97.1 cm³/mol. The van der Waals surface area contributed by atoms with Crippen molar-refractivity contribution in [3.63, 3.8) is 0 Å². The van der Waals surface area contributed by atoms with E-state index in [1.807, 2.05) is 6.07 Å². The molecular formula is C17H16N4O5S. The zero-order valence-electron chi connectivity index (χ0n) is 14.2. The minimum absolute atomic E-state index is 0.135. The molecule has 1 heterocycles. The van der Waals surface area contributed by atoms with Crippen LogP contribution in [0.1, 0.15) is 5.56 Å². The van der Waals surface area contributed by atoms with Crippen molar-refractivity contribution in [2.75, 3.05) is 31.6 Å². The maximum atomic E-state index is 12.7. The number of nitrogens with one attached hydrogen (secondary N) is 1. The number of nitro groups is 1. The molecule has 0 unspecified atom stereocenters. The summed E-state index contributed by atoms with van der Waals surface area (Å²) in [6.07, 6.45) is 0. The van der Waals surface area contributed by atoms with E-state index in [1.54, 1.807) is 24.3 Å². The molecule has 2 aromatic rings. The fourth-order valence-corrected chi connectivity index (χ4v) is 4.12. The van der Waals surface area contributed by atoms with Gasteiger partial charge in [-0.25, -0.2) is 8.42 Å². The largest absolute Gasteiger partial charge is 0.379 e. The Morgan fingerprint density at radius 2 is 1.93 bits per heavy atom. The van der Waals surface area contributed by atoms with Gasteiger partial charge in [0.25, 0.3) is 5.69 Å². The number of nitro benzene ring substituents is 1. The van der Waals surface area contributed by atoms with Crippen molar-refractivity contribution >= 4 is 27.1 Å². The summed E-state index contributed by atoms with van der Waals surface area (Å²) in [6.45, 7) is 0.987. The maximum absolute atomic E-state index is 12.7. The van der Waals surface area contributed by atoms with Crippen molar-refractivity contribution in [1.82, 2.24) is 4.31 Å². The van der Waals surface area contributed by atoms with Gasteiger partial charge in [-0.05, 0) is 30.3 Å². The van der Waals surface area contributed by atoms with Crippen molar-refractivity contribution in [2.24, 2.45) is 0 Å². The quantitative estimate of drug-likeness (QED) is 0.615. The zero-order valence-corrected chi connectivity index (χ0v) is 15.0. The molecule has 0 bridgehead atoms. The lowest BCUT2D eigenvalue weighted by Gasteiger charge is -2.26. The van der Waals surface area contributed by atoms with E-state index in [1.165, 1.54) is 16.4 Å². The number of sulfonamides is 1. The number of nitriles is 1. The van der Waals surface area contributed by atoms with Crippen LogP contribution in [0, 0.1) is 21.4 Å². The van der Waals surface area contributed by atoms with E-state index in [9.17, 15) is 18.5 Å². The van der Waals surface area contributed by atoms with Gasteiger partial charge in [-0.3, -0.25) is 10.1 Å². The highest BCUT2D eigenvalue weighted by molar-refractivity contribution is 7.89. The molecule has 27 heavy (non-hydrogen) atoms. The number of benzene rings is 2. The molecule has 9 nitrogen and oxygen atoms in total. The van der Waals surface area contributed by atoms with E-state index >= 15 is 0 Å². The van der Waals surface area contributed by atoms with E-state index < -0.39 is 14.9 Å². The van der Waals surface area contributed by atoms with Crippen molar-refractivity contribution in [3.8, 4) is 6.07 Å². The first-order valence-electron chi connectivity index (χ1n) is 8.05. The first-order valence-corrected chi connectivity index (χ1v) is 9.49. The smallest absolute Gasteiger partial charge is 0.294 e. The summed E-state index contributed by atoms with van der Waals surface area (Å²) >= 11 is 0. The monoisotopic (exact) mass is 388 g/mol. The third kappa shape index (κ3) is 4.06. The lowest BCUT2D eigenvalue weighted by molar-refractivity contribution is -0.384. The normalized spacial score (nSPS) is 15.1. The Bertz CT molecular complexity index is 1010. The molecule has 1 aliphatic heterocycles. The molecule has 140 valence electrons. The van der Waals surface area contributed by atoms with Crippen LogP contribution in [0.4, 0.5) is 17.1 Å². The molecule has 0 atom stereocenters. The molecule has 2 aromatic carbocycles. The van der Waals surface area contributed by atoms with Gasteiger partial charge in [0.15, 0.2) is 0 Å². The van der Waals surface area contributed by atoms with E-state index in [4.69, 9.17) is 10.00 Å². The Morgan fingerprint density at radius 3 is 2.59 bits per heavy atom. The van der Waals surface area contributed by atoms with E-state index in [-0.39, 0.29) is 42.6 Å². The number of ether oxygens (including phenoxy) is 1. The average Bonchev–Trinajstić information content (AvgIpc) is 2.68. The highest BCUT2D eigenvalue weighted by atomic mass is 32.2. The van der Waals surface area contributed by atoms with Gasteiger partial charge >= 0.3 is 0 Å². The minimum Gasteiger partial charge on any atom is -0.379 e. The van der Waals surface area contributed by atoms with Crippen LogP contribution in [0.3, 0.4) is 0 Å². The summed E-state index contributed by atoms with van der Waals surface area (Å²) < 4.78 is 31.8. The number of anilines is 2. The van der Waals surface area contributed by atoms with Crippen LogP contribution in [0.2, 0.25) is 0 Å². The van der Waals surface area contributed by atoms with Crippen molar-refractivity contribution in [2.45, 2.75) is 4.90 Å². The lowest BCUT2D eigenvalue weighted by Crippen LogP contribution is -2.40. The Morgan fingerprint density at radius 1 is 1.19 bits per heavy atom. The second-order valence-electron chi connectivity index (χ2n) is 5.77. The minimum atomic E-state index is -3.84. The highest BCUT2D eigenvalue weighted by Gasteiger charge is 2.28. The molecule has 0 saturated carbocycles. The molecule has 0 aromatic heterocycles. The molecule has 0 radical (unpaired) electrons. The SMILES string of the molecule is N#Cc1cccc(Nc2ccc(S(=O)(=O)N3CCOCC3)cc2[N+](=O)[O-])c1. The Kier molecular flexibility index (Phi) is 5.36. The van der Waals surface area contributed by atoms with Crippen LogP contribution in [0.15, 0.2) is 47.4 Å². The van der Waals surface area contributed by atoms with Gasteiger partial charge in [-0.15, -0.1) is 0 Å². The van der Waals surface area contributed by atoms with Gasteiger partial charge in [0.2, 0.25) is 10.0 Å². The summed E-state index contributed by atoms with van der Waals surface area (Å²) in [6, 6.07) is 12.2.